The molecule has 0 radical (unpaired) electrons. The molecule has 0 aliphatic carbocycles. The largest absolute Gasteiger partial charge is 0.384 e. The minimum absolute atomic E-state index is 0.501. The van der Waals surface area contributed by atoms with Crippen molar-refractivity contribution in [2.24, 2.45) is 5.92 Å². The molecule has 1 nitrogen and oxygen atoms in total. The zero-order valence-electron chi connectivity index (χ0n) is 11.6. The number of rotatable bonds is 5. The van der Waals surface area contributed by atoms with Gasteiger partial charge in [0.15, 0.2) is 0 Å². The molecule has 1 unspecified atom stereocenters. The van der Waals surface area contributed by atoms with Crippen molar-refractivity contribution in [3.63, 3.8) is 0 Å². The fourth-order valence-electron chi connectivity index (χ4n) is 1.86. The summed E-state index contributed by atoms with van der Waals surface area (Å²) in [6, 6.07) is 18.9. The van der Waals surface area contributed by atoms with Crippen LogP contribution in [0.3, 0.4) is 0 Å². The van der Waals surface area contributed by atoms with Crippen molar-refractivity contribution >= 4 is 11.8 Å². The van der Waals surface area contributed by atoms with Gasteiger partial charge in [0.2, 0.25) is 0 Å². The second-order valence-corrected chi connectivity index (χ2v) is 4.99. The molecule has 0 fully saturated rings. The van der Waals surface area contributed by atoms with Crippen molar-refractivity contribution in [2.45, 2.75) is 13.8 Å². The van der Waals surface area contributed by atoms with Crippen LogP contribution in [-0.4, -0.2) is 6.54 Å². The highest BCUT2D eigenvalue weighted by Gasteiger charge is 1.97. The lowest BCUT2D eigenvalue weighted by atomic mass is 10.1. The van der Waals surface area contributed by atoms with Crippen molar-refractivity contribution < 1.29 is 0 Å². The molecule has 2 rings (SSSR count). The molecule has 0 aliphatic heterocycles. The van der Waals surface area contributed by atoms with Crippen molar-refractivity contribution in [1.82, 2.24) is 0 Å². The first-order valence-corrected chi connectivity index (χ1v) is 6.78. The lowest BCUT2D eigenvalue weighted by molar-refractivity contribution is 0.774. The lowest BCUT2D eigenvalue weighted by Gasteiger charge is -2.09. The number of para-hydroxylation sites is 1. The van der Waals surface area contributed by atoms with E-state index in [1.54, 1.807) is 0 Å². The summed E-state index contributed by atoms with van der Waals surface area (Å²) in [6.07, 6.45) is 4.44. The predicted octanol–water partition coefficient (Wildman–Crippen LogP) is 4.76. The number of anilines is 1. The maximum Gasteiger partial charge on any atom is 0.0340 e. The van der Waals surface area contributed by atoms with Crippen LogP contribution in [-0.2, 0) is 0 Å². The van der Waals surface area contributed by atoms with Gasteiger partial charge in [-0.2, -0.15) is 0 Å². The molecule has 1 atom stereocenters. The van der Waals surface area contributed by atoms with Crippen LogP contribution in [0.4, 0.5) is 5.69 Å². The average Bonchev–Trinajstić information content (AvgIpc) is 2.45. The molecule has 2 aromatic rings. The normalized spacial score (nSPS) is 12.5. The van der Waals surface area contributed by atoms with E-state index in [1.165, 1.54) is 16.8 Å². The van der Waals surface area contributed by atoms with Crippen LogP contribution in [0.5, 0.6) is 0 Å². The standard InChI is InChI=1S/C18H21N/c1-15-8-11-17(12-9-15)13-10-16(2)14-19-18-6-4-3-5-7-18/h3-13,16,19H,14H2,1-2H3/b13-10+. The fourth-order valence-corrected chi connectivity index (χ4v) is 1.86. The highest BCUT2D eigenvalue weighted by Crippen LogP contribution is 2.10. The molecular weight excluding hydrogens is 230 g/mol. The highest BCUT2D eigenvalue weighted by molar-refractivity contribution is 5.50. The highest BCUT2D eigenvalue weighted by atomic mass is 14.9. The van der Waals surface area contributed by atoms with E-state index in [0.717, 1.165) is 6.54 Å². The maximum atomic E-state index is 3.44. The second kappa shape index (κ2) is 6.79. The Kier molecular flexibility index (Phi) is 4.79. The van der Waals surface area contributed by atoms with Gasteiger partial charge in [0.05, 0.1) is 0 Å². The molecule has 0 spiro atoms. The van der Waals surface area contributed by atoms with Gasteiger partial charge in [-0.3, -0.25) is 0 Å². The van der Waals surface area contributed by atoms with E-state index in [0.29, 0.717) is 5.92 Å². The van der Waals surface area contributed by atoms with Crippen LogP contribution in [0.2, 0.25) is 0 Å². The first kappa shape index (κ1) is 13.4. The molecule has 0 bridgehead atoms. The molecule has 0 aromatic heterocycles. The van der Waals surface area contributed by atoms with Gasteiger partial charge in [-0.15, -0.1) is 0 Å². The Morgan fingerprint density at radius 2 is 1.68 bits per heavy atom. The summed E-state index contributed by atoms with van der Waals surface area (Å²) < 4.78 is 0. The first-order valence-electron chi connectivity index (χ1n) is 6.78. The SMILES string of the molecule is Cc1ccc(/C=C/C(C)CNc2ccccc2)cc1. The van der Waals surface area contributed by atoms with Gasteiger partial charge in [0, 0.05) is 12.2 Å². The third-order valence-electron chi connectivity index (χ3n) is 3.10. The molecule has 98 valence electrons. The van der Waals surface area contributed by atoms with Crippen molar-refractivity contribution in [3.8, 4) is 0 Å². The van der Waals surface area contributed by atoms with Gasteiger partial charge in [0.25, 0.3) is 0 Å². The van der Waals surface area contributed by atoms with E-state index in [4.69, 9.17) is 0 Å². The summed E-state index contributed by atoms with van der Waals surface area (Å²) >= 11 is 0. The summed E-state index contributed by atoms with van der Waals surface area (Å²) in [5, 5.41) is 3.44. The van der Waals surface area contributed by atoms with Gasteiger partial charge in [-0.25, -0.2) is 0 Å². The Morgan fingerprint density at radius 3 is 2.37 bits per heavy atom. The van der Waals surface area contributed by atoms with Gasteiger partial charge in [0.1, 0.15) is 0 Å². The summed E-state index contributed by atoms with van der Waals surface area (Å²) in [5.41, 5.74) is 3.74. The molecule has 1 N–H and O–H groups in total. The predicted molar refractivity (Wildman–Crippen MR) is 84.3 cm³/mol. The third kappa shape index (κ3) is 4.63. The van der Waals surface area contributed by atoms with Crippen LogP contribution in [0.25, 0.3) is 6.08 Å². The first-order chi connectivity index (χ1) is 9.24. The topological polar surface area (TPSA) is 12.0 Å². The second-order valence-electron chi connectivity index (χ2n) is 4.99. The van der Waals surface area contributed by atoms with E-state index in [1.807, 2.05) is 6.07 Å². The van der Waals surface area contributed by atoms with Crippen LogP contribution in [0.15, 0.2) is 60.7 Å². The molecule has 1 heteroatoms. The van der Waals surface area contributed by atoms with Crippen LogP contribution < -0.4 is 5.32 Å². The minimum Gasteiger partial charge on any atom is -0.384 e. The van der Waals surface area contributed by atoms with E-state index >= 15 is 0 Å². The minimum atomic E-state index is 0.501. The number of hydrogen-bond donors (Lipinski definition) is 1. The smallest absolute Gasteiger partial charge is 0.0340 e. The summed E-state index contributed by atoms with van der Waals surface area (Å²) in [6.45, 7) is 5.28. The van der Waals surface area contributed by atoms with Crippen LogP contribution in [0, 0.1) is 12.8 Å². The van der Waals surface area contributed by atoms with Crippen LogP contribution in [0.1, 0.15) is 18.1 Å². The number of nitrogens with one attached hydrogen (secondary N) is 1. The molecule has 19 heavy (non-hydrogen) atoms. The van der Waals surface area contributed by atoms with Gasteiger partial charge >= 0.3 is 0 Å². The van der Waals surface area contributed by atoms with E-state index in [9.17, 15) is 0 Å². The number of hydrogen-bond acceptors (Lipinski definition) is 1. The quantitative estimate of drug-likeness (QED) is 0.808. The molecule has 2 aromatic carbocycles. The Hall–Kier alpha value is -2.02. The lowest BCUT2D eigenvalue weighted by Crippen LogP contribution is -2.08. The molecule has 0 saturated heterocycles. The van der Waals surface area contributed by atoms with E-state index < -0.39 is 0 Å². The van der Waals surface area contributed by atoms with E-state index in [-0.39, 0.29) is 0 Å². The van der Waals surface area contributed by atoms with Gasteiger partial charge < -0.3 is 5.32 Å². The average molecular weight is 251 g/mol. The molecule has 0 aliphatic rings. The van der Waals surface area contributed by atoms with E-state index in [2.05, 4.69) is 79.8 Å². The summed E-state index contributed by atoms with van der Waals surface area (Å²) in [7, 11) is 0. The zero-order valence-corrected chi connectivity index (χ0v) is 11.6. The number of aryl methyl sites for hydroxylation is 1. The van der Waals surface area contributed by atoms with Crippen molar-refractivity contribution in [2.75, 3.05) is 11.9 Å². The van der Waals surface area contributed by atoms with Crippen molar-refractivity contribution in [3.05, 3.63) is 71.8 Å². The van der Waals surface area contributed by atoms with Crippen LogP contribution >= 0.6 is 0 Å². The van der Waals surface area contributed by atoms with Gasteiger partial charge in [-0.05, 0) is 30.5 Å². The Balaban J connectivity index is 1.84. The molecule has 0 heterocycles. The van der Waals surface area contributed by atoms with Gasteiger partial charge in [-0.1, -0.05) is 67.1 Å². The molecular formula is C18H21N. The Morgan fingerprint density at radius 1 is 1.00 bits per heavy atom. The Labute approximate surface area is 116 Å². The zero-order chi connectivity index (χ0) is 13.5. The third-order valence-corrected chi connectivity index (χ3v) is 3.10. The Bertz CT molecular complexity index is 511. The fraction of sp³-hybridized carbons (Fsp3) is 0.222. The molecule has 0 saturated carbocycles. The molecule has 0 amide bonds. The van der Waals surface area contributed by atoms with Crippen molar-refractivity contribution in [1.29, 1.82) is 0 Å². The summed E-state index contributed by atoms with van der Waals surface area (Å²) in [5.74, 6) is 0.501. The monoisotopic (exact) mass is 251 g/mol. The number of benzene rings is 2. The summed E-state index contributed by atoms with van der Waals surface area (Å²) in [4.78, 5) is 0. The maximum absolute atomic E-state index is 3.44.